The first-order valence-corrected chi connectivity index (χ1v) is 5.84. The summed E-state index contributed by atoms with van der Waals surface area (Å²) >= 11 is 0. The molecule has 2 heterocycles. The van der Waals surface area contributed by atoms with E-state index in [4.69, 9.17) is 9.26 Å². The molecular formula is C11H19N3O2. The molecule has 1 aliphatic rings. The number of nitrogens with one attached hydrogen (secondary N) is 1. The van der Waals surface area contributed by atoms with Crippen LogP contribution in [-0.2, 0) is 4.74 Å². The fourth-order valence-electron chi connectivity index (χ4n) is 1.81. The summed E-state index contributed by atoms with van der Waals surface area (Å²) in [6.45, 7) is 4.98. The van der Waals surface area contributed by atoms with E-state index in [1.807, 2.05) is 7.05 Å². The van der Waals surface area contributed by atoms with Gasteiger partial charge in [0, 0.05) is 12.6 Å². The monoisotopic (exact) mass is 225 g/mol. The van der Waals surface area contributed by atoms with Crippen molar-refractivity contribution in [1.82, 2.24) is 15.5 Å². The van der Waals surface area contributed by atoms with Crippen molar-refractivity contribution in [2.24, 2.45) is 0 Å². The Hall–Kier alpha value is -0.940. The van der Waals surface area contributed by atoms with Crippen LogP contribution >= 0.6 is 0 Å². The van der Waals surface area contributed by atoms with Crippen molar-refractivity contribution in [3.8, 4) is 0 Å². The highest BCUT2D eigenvalue weighted by atomic mass is 16.5. The molecule has 0 saturated carbocycles. The second kappa shape index (κ2) is 4.93. The Bertz CT molecular complexity index is 334. The van der Waals surface area contributed by atoms with Gasteiger partial charge in [0.05, 0.1) is 5.92 Å². The van der Waals surface area contributed by atoms with E-state index in [2.05, 4.69) is 29.3 Å². The van der Waals surface area contributed by atoms with Crippen LogP contribution in [0.25, 0.3) is 0 Å². The average molecular weight is 225 g/mol. The van der Waals surface area contributed by atoms with E-state index in [0.29, 0.717) is 17.8 Å². The highest BCUT2D eigenvalue weighted by molar-refractivity contribution is 4.99. The molecule has 1 aliphatic heterocycles. The smallest absolute Gasteiger partial charge is 0.231 e. The number of hydrogen-bond donors (Lipinski definition) is 1. The first-order chi connectivity index (χ1) is 7.72. The van der Waals surface area contributed by atoms with Crippen molar-refractivity contribution in [2.45, 2.75) is 44.8 Å². The van der Waals surface area contributed by atoms with Gasteiger partial charge in [-0.05, 0) is 26.8 Å². The molecule has 0 spiro atoms. The van der Waals surface area contributed by atoms with Gasteiger partial charge in [0.2, 0.25) is 11.7 Å². The van der Waals surface area contributed by atoms with E-state index < -0.39 is 0 Å². The summed E-state index contributed by atoms with van der Waals surface area (Å²) in [5.74, 6) is 1.60. The summed E-state index contributed by atoms with van der Waals surface area (Å²) in [6.07, 6.45) is 2.11. The third kappa shape index (κ3) is 2.25. The largest absolute Gasteiger partial charge is 0.370 e. The lowest BCUT2D eigenvalue weighted by Crippen LogP contribution is -2.27. The molecule has 0 bridgehead atoms. The van der Waals surface area contributed by atoms with E-state index in [-0.39, 0.29) is 12.0 Å². The van der Waals surface area contributed by atoms with Crippen molar-refractivity contribution >= 4 is 0 Å². The normalized spacial score (nSPS) is 24.6. The van der Waals surface area contributed by atoms with Gasteiger partial charge < -0.3 is 14.6 Å². The molecule has 5 nitrogen and oxygen atoms in total. The maximum absolute atomic E-state index is 5.52. The Kier molecular flexibility index (Phi) is 3.56. The number of rotatable bonds is 4. The molecule has 0 radical (unpaired) electrons. The first kappa shape index (κ1) is 11.5. The molecule has 2 rings (SSSR count). The maximum Gasteiger partial charge on any atom is 0.231 e. The lowest BCUT2D eigenvalue weighted by molar-refractivity contribution is 0.103. The van der Waals surface area contributed by atoms with Crippen LogP contribution in [0.15, 0.2) is 4.52 Å². The molecule has 5 heteroatoms. The molecule has 1 fully saturated rings. The van der Waals surface area contributed by atoms with Crippen LogP contribution in [0.3, 0.4) is 0 Å². The van der Waals surface area contributed by atoms with Crippen LogP contribution in [0.1, 0.15) is 50.4 Å². The quantitative estimate of drug-likeness (QED) is 0.844. The van der Waals surface area contributed by atoms with Crippen molar-refractivity contribution in [2.75, 3.05) is 13.7 Å². The van der Waals surface area contributed by atoms with Crippen LogP contribution in [0.5, 0.6) is 0 Å². The Balaban J connectivity index is 2.06. The van der Waals surface area contributed by atoms with Gasteiger partial charge in [0.1, 0.15) is 6.10 Å². The number of likely N-dealkylation sites (N-methyl/N-ethyl adjacent to an activating group) is 1. The Morgan fingerprint density at radius 2 is 2.25 bits per heavy atom. The molecule has 1 aromatic rings. The number of hydrogen-bond acceptors (Lipinski definition) is 5. The topological polar surface area (TPSA) is 60.2 Å². The van der Waals surface area contributed by atoms with Crippen molar-refractivity contribution in [1.29, 1.82) is 0 Å². The lowest BCUT2D eigenvalue weighted by atomic mass is 10.0. The third-order valence-electron chi connectivity index (χ3n) is 3.27. The SMILES string of the molecule is CNC(C)C(C)c1nc(C2CCCO2)no1. The molecule has 90 valence electrons. The number of nitrogens with zero attached hydrogens (tertiary/aromatic N) is 2. The molecule has 1 aromatic heterocycles. The summed E-state index contributed by atoms with van der Waals surface area (Å²) < 4.78 is 10.8. The van der Waals surface area contributed by atoms with Gasteiger partial charge in [-0.2, -0.15) is 4.98 Å². The van der Waals surface area contributed by atoms with Crippen molar-refractivity contribution < 1.29 is 9.26 Å². The predicted molar refractivity (Wildman–Crippen MR) is 59.2 cm³/mol. The molecule has 1 N–H and O–H groups in total. The third-order valence-corrected chi connectivity index (χ3v) is 3.27. The van der Waals surface area contributed by atoms with E-state index in [1.54, 1.807) is 0 Å². The minimum absolute atomic E-state index is 0.0367. The average Bonchev–Trinajstić information content (AvgIpc) is 2.96. The summed E-state index contributed by atoms with van der Waals surface area (Å²) in [5, 5.41) is 7.18. The van der Waals surface area contributed by atoms with Gasteiger partial charge in [0.15, 0.2) is 0 Å². The van der Waals surface area contributed by atoms with Gasteiger partial charge in [-0.3, -0.25) is 0 Å². The van der Waals surface area contributed by atoms with Crippen LogP contribution in [0, 0.1) is 0 Å². The van der Waals surface area contributed by atoms with Crippen LogP contribution in [0.4, 0.5) is 0 Å². The molecule has 1 saturated heterocycles. The van der Waals surface area contributed by atoms with Gasteiger partial charge >= 0.3 is 0 Å². The molecule has 0 amide bonds. The zero-order chi connectivity index (χ0) is 11.5. The molecule has 0 aromatic carbocycles. The maximum atomic E-state index is 5.52. The molecule has 3 atom stereocenters. The van der Waals surface area contributed by atoms with E-state index >= 15 is 0 Å². The standard InChI is InChI=1S/C11H19N3O2/c1-7(8(2)12-3)11-13-10(14-16-11)9-5-4-6-15-9/h7-9,12H,4-6H2,1-3H3. The molecule has 0 aliphatic carbocycles. The van der Waals surface area contributed by atoms with E-state index in [9.17, 15) is 0 Å². The van der Waals surface area contributed by atoms with Crippen LogP contribution in [0.2, 0.25) is 0 Å². The van der Waals surface area contributed by atoms with Crippen molar-refractivity contribution in [3.05, 3.63) is 11.7 Å². The summed E-state index contributed by atoms with van der Waals surface area (Å²) in [5.41, 5.74) is 0. The Labute approximate surface area is 95.6 Å². The summed E-state index contributed by atoms with van der Waals surface area (Å²) in [6, 6.07) is 0.317. The van der Waals surface area contributed by atoms with E-state index in [0.717, 1.165) is 19.4 Å². The second-order valence-corrected chi connectivity index (χ2v) is 4.36. The Morgan fingerprint density at radius 3 is 2.88 bits per heavy atom. The molecule has 16 heavy (non-hydrogen) atoms. The van der Waals surface area contributed by atoms with Gasteiger partial charge in [0.25, 0.3) is 0 Å². The van der Waals surface area contributed by atoms with Gasteiger partial charge in [-0.1, -0.05) is 12.1 Å². The summed E-state index contributed by atoms with van der Waals surface area (Å²) in [4.78, 5) is 4.42. The zero-order valence-electron chi connectivity index (χ0n) is 10.1. The summed E-state index contributed by atoms with van der Waals surface area (Å²) in [7, 11) is 1.93. The molecule has 3 unspecified atom stereocenters. The van der Waals surface area contributed by atoms with Gasteiger partial charge in [-0.25, -0.2) is 0 Å². The molecular weight excluding hydrogens is 206 g/mol. The van der Waals surface area contributed by atoms with Crippen molar-refractivity contribution in [3.63, 3.8) is 0 Å². The minimum atomic E-state index is 0.0367. The fourth-order valence-corrected chi connectivity index (χ4v) is 1.81. The number of aromatic nitrogens is 2. The van der Waals surface area contributed by atoms with Crippen LogP contribution in [-0.4, -0.2) is 29.8 Å². The first-order valence-electron chi connectivity index (χ1n) is 5.84. The minimum Gasteiger partial charge on any atom is -0.370 e. The van der Waals surface area contributed by atoms with Gasteiger partial charge in [-0.15, -0.1) is 0 Å². The zero-order valence-corrected chi connectivity index (χ0v) is 10.1. The predicted octanol–water partition coefficient (Wildman–Crippen LogP) is 1.63. The Morgan fingerprint density at radius 1 is 1.44 bits per heavy atom. The van der Waals surface area contributed by atoms with E-state index in [1.165, 1.54) is 0 Å². The van der Waals surface area contributed by atoms with Crippen LogP contribution < -0.4 is 5.32 Å². The second-order valence-electron chi connectivity index (χ2n) is 4.36. The number of ether oxygens (including phenoxy) is 1. The lowest BCUT2D eigenvalue weighted by Gasteiger charge is -2.14. The highest BCUT2D eigenvalue weighted by Gasteiger charge is 2.25. The fraction of sp³-hybridized carbons (Fsp3) is 0.818. The highest BCUT2D eigenvalue weighted by Crippen LogP contribution is 2.27.